The van der Waals surface area contributed by atoms with Gasteiger partial charge in [0.1, 0.15) is 5.60 Å². The summed E-state index contributed by atoms with van der Waals surface area (Å²) in [5, 5.41) is 0. The zero-order valence-corrected chi connectivity index (χ0v) is 15.1. The van der Waals surface area contributed by atoms with Gasteiger partial charge in [-0.05, 0) is 54.0 Å². The Kier molecular flexibility index (Phi) is 4.61. The van der Waals surface area contributed by atoms with Gasteiger partial charge in [0.2, 0.25) is 0 Å². The number of carbonyl (C=O) groups excluding carboxylic acids is 1. The van der Waals surface area contributed by atoms with Crippen LogP contribution in [0.4, 0.5) is 0 Å². The van der Waals surface area contributed by atoms with Crippen LogP contribution in [0.1, 0.15) is 54.0 Å². The molecule has 0 bridgehead atoms. The highest BCUT2D eigenvalue weighted by molar-refractivity contribution is 6.62. The molecule has 5 nitrogen and oxygen atoms in total. The van der Waals surface area contributed by atoms with E-state index in [0.29, 0.717) is 0 Å². The maximum absolute atomic E-state index is 12.0. The van der Waals surface area contributed by atoms with Crippen molar-refractivity contribution in [1.82, 2.24) is 4.98 Å². The molecule has 23 heavy (non-hydrogen) atoms. The molecule has 0 saturated carbocycles. The Balaban J connectivity index is 2.11. The van der Waals surface area contributed by atoms with Crippen LogP contribution < -0.4 is 5.46 Å². The van der Waals surface area contributed by atoms with E-state index < -0.39 is 23.9 Å². The molecule has 6 heteroatoms. The van der Waals surface area contributed by atoms with Crippen molar-refractivity contribution in [3.05, 3.63) is 24.0 Å². The lowest BCUT2D eigenvalue weighted by molar-refractivity contribution is -0.153. The fraction of sp³-hybridized carbons (Fsp3) is 0.647. The summed E-state index contributed by atoms with van der Waals surface area (Å²) in [5.41, 5.74) is 0.294. The van der Waals surface area contributed by atoms with E-state index in [-0.39, 0.29) is 12.4 Å². The van der Waals surface area contributed by atoms with Crippen molar-refractivity contribution in [2.75, 3.05) is 0 Å². The fourth-order valence-corrected chi connectivity index (χ4v) is 2.26. The highest BCUT2D eigenvalue weighted by atomic mass is 16.7. The van der Waals surface area contributed by atoms with Crippen LogP contribution in [0.3, 0.4) is 0 Å². The van der Waals surface area contributed by atoms with E-state index in [0.717, 1.165) is 11.0 Å². The summed E-state index contributed by atoms with van der Waals surface area (Å²) in [6.07, 6.45) is 3.55. The third-order valence-corrected chi connectivity index (χ3v) is 4.11. The summed E-state index contributed by atoms with van der Waals surface area (Å²) >= 11 is 0. The second kappa shape index (κ2) is 5.91. The summed E-state index contributed by atoms with van der Waals surface area (Å²) in [6, 6.07) is 1.89. The Bertz CT molecular complexity index is 577. The van der Waals surface area contributed by atoms with Crippen molar-refractivity contribution in [3.63, 3.8) is 0 Å². The van der Waals surface area contributed by atoms with Gasteiger partial charge in [0.25, 0.3) is 0 Å². The van der Waals surface area contributed by atoms with Crippen LogP contribution in [0.25, 0.3) is 0 Å². The number of aromatic nitrogens is 1. The predicted octanol–water partition coefficient (Wildman–Crippen LogP) is 2.26. The lowest BCUT2D eigenvalue weighted by atomic mass is 9.79. The number of hydrogen-bond acceptors (Lipinski definition) is 5. The number of rotatable bonds is 3. The summed E-state index contributed by atoms with van der Waals surface area (Å²) in [4.78, 5) is 16.2. The maximum atomic E-state index is 12.0. The van der Waals surface area contributed by atoms with Crippen molar-refractivity contribution in [2.24, 2.45) is 0 Å². The Morgan fingerprint density at radius 2 is 1.74 bits per heavy atom. The molecule has 0 radical (unpaired) electrons. The van der Waals surface area contributed by atoms with E-state index in [1.165, 1.54) is 0 Å². The first-order valence-corrected chi connectivity index (χ1v) is 7.91. The molecule has 1 aliphatic heterocycles. The average Bonchev–Trinajstić information content (AvgIpc) is 2.56. The molecule has 0 aromatic carbocycles. The minimum Gasteiger partial charge on any atom is -0.460 e. The van der Waals surface area contributed by atoms with Crippen LogP contribution in [0.15, 0.2) is 18.5 Å². The molecule has 0 N–H and O–H groups in total. The second-order valence-corrected chi connectivity index (χ2v) is 7.98. The van der Waals surface area contributed by atoms with E-state index >= 15 is 0 Å². The largest absolute Gasteiger partial charge is 0.496 e. The molecule has 1 aliphatic rings. The molecule has 1 aromatic heterocycles. The summed E-state index contributed by atoms with van der Waals surface area (Å²) < 4.78 is 17.4. The van der Waals surface area contributed by atoms with E-state index in [2.05, 4.69) is 4.98 Å². The minimum absolute atomic E-state index is 0.178. The summed E-state index contributed by atoms with van der Waals surface area (Å²) in [7, 11) is -0.480. The molecule has 126 valence electrons. The van der Waals surface area contributed by atoms with E-state index in [1.54, 1.807) is 12.4 Å². The van der Waals surface area contributed by atoms with Gasteiger partial charge in [-0.2, -0.15) is 0 Å². The standard InChI is InChI=1S/C17H26BNO4/c1-15(2,3)21-14(20)9-12-8-13(11-19-10-12)18-22-16(4,5)17(6,7)23-18/h8,10-11H,9H2,1-7H3. The highest BCUT2D eigenvalue weighted by Crippen LogP contribution is 2.36. The lowest BCUT2D eigenvalue weighted by Crippen LogP contribution is -2.41. The third kappa shape index (κ3) is 4.33. The summed E-state index contributed by atoms with van der Waals surface area (Å²) in [5.74, 6) is -0.273. The molecule has 0 aliphatic carbocycles. The van der Waals surface area contributed by atoms with Crippen LogP contribution in [0.5, 0.6) is 0 Å². The number of ether oxygens (including phenoxy) is 1. The smallest absolute Gasteiger partial charge is 0.460 e. The molecule has 1 saturated heterocycles. The Labute approximate surface area is 138 Å². The number of pyridine rings is 1. The van der Waals surface area contributed by atoms with Crippen molar-refractivity contribution in [2.45, 2.75) is 71.7 Å². The predicted molar refractivity (Wildman–Crippen MR) is 89.5 cm³/mol. The summed E-state index contributed by atoms with van der Waals surface area (Å²) in [6.45, 7) is 13.6. The number of carbonyl (C=O) groups is 1. The maximum Gasteiger partial charge on any atom is 0.496 e. The van der Waals surface area contributed by atoms with Crippen molar-refractivity contribution >= 4 is 18.6 Å². The topological polar surface area (TPSA) is 57.7 Å². The minimum atomic E-state index is -0.492. The van der Waals surface area contributed by atoms with Gasteiger partial charge in [-0.15, -0.1) is 0 Å². The molecule has 0 unspecified atom stereocenters. The Hall–Kier alpha value is -1.40. The highest BCUT2D eigenvalue weighted by Gasteiger charge is 2.51. The third-order valence-electron chi connectivity index (χ3n) is 4.11. The molecule has 2 heterocycles. The van der Waals surface area contributed by atoms with E-state index in [9.17, 15) is 4.79 Å². The van der Waals surface area contributed by atoms with Crippen molar-refractivity contribution in [1.29, 1.82) is 0 Å². The van der Waals surface area contributed by atoms with Gasteiger partial charge in [-0.3, -0.25) is 9.78 Å². The first-order chi connectivity index (χ1) is 10.4. The Morgan fingerprint density at radius 3 is 2.26 bits per heavy atom. The fourth-order valence-electron chi connectivity index (χ4n) is 2.26. The molecule has 1 aromatic rings. The molecule has 1 fully saturated rings. The van der Waals surface area contributed by atoms with Crippen LogP contribution in [0, 0.1) is 0 Å². The van der Waals surface area contributed by atoms with E-state index in [4.69, 9.17) is 14.0 Å². The van der Waals surface area contributed by atoms with Gasteiger partial charge in [0, 0.05) is 17.9 Å². The first-order valence-electron chi connectivity index (χ1n) is 7.91. The molecule has 2 rings (SSSR count). The molecule has 0 amide bonds. The molecule has 0 spiro atoms. The van der Waals surface area contributed by atoms with Gasteiger partial charge in [0.15, 0.2) is 0 Å². The lowest BCUT2D eigenvalue weighted by Gasteiger charge is -2.32. The quantitative estimate of drug-likeness (QED) is 0.632. The zero-order chi connectivity index (χ0) is 17.5. The first kappa shape index (κ1) is 18.0. The van der Waals surface area contributed by atoms with Gasteiger partial charge in [-0.1, -0.05) is 6.07 Å². The van der Waals surface area contributed by atoms with Crippen molar-refractivity contribution in [3.8, 4) is 0 Å². The van der Waals surface area contributed by atoms with Gasteiger partial charge >= 0.3 is 13.1 Å². The second-order valence-electron chi connectivity index (χ2n) is 7.98. The zero-order valence-electron chi connectivity index (χ0n) is 15.1. The monoisotopic (exact) mass is 319 g/mol. The van der Waals surface area contributed by atoms with Crippen LogP contribution in [0.2, 0.25) is 0 Å². The number of hydrogen-bond donors (Lipinski definition) is 0. The van der Waals surface area contributed by atoms with Gasteiger partial charge in [-0.25, -0.2) is 0 Å². The van der Waals surface area contributed by atoms with Crippen LogP contribution in [-0.4, -0.2) is 34.9 Å². The van der Waals surface area contributed by atoms with Gasteiger partial charge in [0.05, 0.1) is 17.6 Å². The SMILES string of the molecule is CC(C)(C)OC(=O)Cc1cncc(B2OC(C)(C)C(C)(C)O2)c1. The average molecular weight is 319 g/mol. The van der Waals surface area contributed by atoms with Crippen LogP contribution >= 0.6 is 0 Å². The van der Waals surface area contributed by atoms with Gasteiger partial charge < -0.3 is 14.0 Å². The molecular formula is C17H26BNO4. The molecular weight excluding hydrogens is 293 g/mol. The van der Waals surface area contributed by atoms with E-state index in [1.807, 2.05) is 54.5 Å². The van der Waals surface area contributed by atoms with Crippen LogP contribution in [-0.2, 0) is 25.3 Å². The number of nitrogens with zero attached hydrogens (tertiary/aromatic N) is 1. The number of esters is 1. The van der Waals surface area contributed by atoms with Crippen molar-refractivity contribution < 1.29 is 18.8 Å². The Morgan fingerprint density at radius 1 is 1.17 bits per heavy atom. The molecule has 0 atom stereocenters. The normalized spacial score (nSPS) is 19.7.